The monoisotopic (exact) mass is 329 g/mol. The predicted molar refractivity (Wildman–Crippen MR) is 90.6 cm³/mol. The second-order valence-corrected chi connectivity index (χ2v) is 6.50. The molecule has 3 amide bonds. The van der Waals surface area contributed by atoms with Crippen LogP contribution < -0.4 is 16.0 Å². The van der Waals surface area contributed by atoms with Crippen LogP contribution in [0.1, 0.15) is 55.3 Å². The number of para-hydroxylation sites is 1. The van der Waals surface area contributed by atoms with Gasteiger partial charge in [0.1, 0.15) is 6.04 Å². The zero-order valence-electron chi connectivity index (χ0n) is 13.6. The van der Waals surface area contributed by atoms with Gasteiger partial charge < -0.3 is 16.0 Å². The van der Waals surface area contributed by atoms with E-state index >= 15 is 0 Å². The topological polar surface area (TPSA) is 87.3 Å². The van der Waals surface area contributed by atoms with Gasteiger partial charge in [-0.15, -0.1) is 0 Å². The van der Waals surface area contributed by atoms with Gasteiger partial charge in [0.05, 0.1) is 11.3 Å². The first-order valence-corrected chi connectivity index (χ1v) is 8.63. The minimum atomic E-state index is -0.693. The molecule has 128 valence electrons. The third kappa shape index (κ3) is 3.93. The van der Waals surface area contributed by atoms with Gasteiger partial charge in [0, 0.05) is 12.5 Å². The van der Waals surface area contributed by atoms with Gasteiger partial charge in [-0.25, -0.2) is 0 Å². The van der Waals surface area contributed by atoms with Crippen LogP contribution in [0.2, 0.25) is 0 Å². The maximum atomic E-state index is 12.3. The average Bonchev–Trinajstić information content (AvgIpc) is 2.71. The highest BCUT2D eigenvalue weighted by Gasteiger charge is 2.28. The van der Waals surface area contributed by atoms with E-state index in [0.717, 1.165) is 25.7 Å². The molecule has 6 heteroatoms. The van der Waals surface area contributed by atoms with E-state index in [-0.39, 0.29) is 30.2 Å². The number of fused-ring (bicyclic) bond motifs is 1. The molecule has 0 saturated heterocycles. The Hall–Kier alpha value is -2.37. The number of hydrogen-bond donors (Lipinski definition) is 3. The SMILES string of the molecule is O=C(CC[C@H]1NC(=O)c2ccccc2NC1=O)NC1CCCCC1. The maximum Gasteiger partial charge on any atom is 0.254 e. The molecule has 1 aromatic rings. The first-order valence-electron chi connectivity index (χ1n) is 8.63. The third-order valence-corrected chi connectivity index (χ3v) is 4.68. The van der Waals surface area contributed by atoms with E-state index in [4.69, 9.17) is 0 Å². The lowest BCUT2D eigenvalue weighted by Crippen LogP contribution is -2.43. The molecule has 0 spiro atoms. The molecule has 1 atom stereocenters. The van der Waals surface area contributed by atoms with Crippen molar-refractivity contribution in [1.29, 1.82) is 0 Å². The Bertz CT molecular complexity index is 638. The van der Waals surface area contributed by atoms with E-state index in [0.29, 0.717) is 17.7 Å². The molecule has 1 aliphatic carbocycles. The van der Waals surface area contributed by atoms with Crippen LogP contribution >= 0.6 is 0 Å². The molecular formula is C18H23N3O3. The summed E-state index contributed by atoms with van der Waals surface area (Å²) >= 11 is 0. The fraction of sp³-hybridized carbons (Fsp3) is 0.500. The Morgan fingerprint density at radius 2 is 1.88 bits per heavy atom. The van der Waals surface area contributed by atoms with E-state index in [1.807, 2.05) is 0 Å². The summed E-state index contributed by atoms with van der Waals surface area (Å²) in [5.41, 5.74) is 0.953. The molecule has 0 radical (unpaired) electrons. The Morgan fingerprint density at radius 1 is 1.12 bits per heavy atom. The lowest BCUT2D eigenvalue weighted by molar-refractivity contribution is -0.122. The fourth-order valence-electron chi connectivity index (χ4n) is 3.34. The highest BCUT2D eigenvalue weighted by Crippen LogP contribution is 2.20. The minimum Gasteiger partial charge on any atom is -0.353 e. The van der Waals surface area contributed by atoms with Crippen molar-refractivity contribution in [2.75, 3.05) is 5.32 Å². The highest BCUT2D eigenvalue weighted by molar-refractivity contribution is 6.09. The normalized spacial score (nSPS) is 21.2. The van der Waals surface area contributed by atoms with Crippen molar-refractivity contribution in [3.8, 4) is 0 Å². The standard InChI is InChI=1S/C18H23N3O3/c22-16(19-12-6-2-1-3-7-12)11-10-15-18(24)20-14-9-5-4-8-13(14)17(23)21-15/h4-5,8-9,12,15H,1-3,6-7,10-11H2,(H,19,22)(H,20,24)(H,21,23)/t15-/m1/s1. The molecule has 1 aliphatic heterocycles. The third-order valence-electron chi connectivity index (χ3n) is 4.68. The highest BCUT2D eigenvalue weighted by atomic mass is 16.2. The molecule has 3 rings (SSSR count). The Kier molecular flexibility index (Phi) is 5.13. The summed E-state index contributed by atoms with van der Waals surface area (Å²) in [7, 11) is 0. The quantitative estimate of drug-likeness (QED) is 0.789. The average molecular weight is 329 g/mol. The van der Waals surface area contributed by atoms with E-state index in [1.54, 1.807) is 24.3 Å². The molecule has 1 fully saturated rings. The van der Waals surface area contributed by atoms with E-state index in [9.17, 15) is 14.4 Å². The van der Waals surface area contributed by atoms with Crippen LogP contribution in [0.3, 0.4) is 0 Å². The van der Waals surface area contributed by atoms with Crippen molar-refractivity contribution in [3.05, 3.63) is 29.8 Å². The van der Waals surface area contributed by atoms with E-state index in [2.05, 4.69) is 16.0 Å². The predicted octanol–water partition coefficient (Wildman–Crippen LogP) is 1.97. The molecule has 3 N–H and O–H groups in total. The van der Waals surface area contributed by atoms with Crippen LogP contribution in [0.5, 0.6) is 0 Å². The van der Waals surface area contributed by atoms with Gasteiger partial charge in [-0.2, -0.15) is 0 Å². The number of amides is 3. The Labute approximate surface area is 141 Å². The summed E-state index contributed by atoms with van der Waals surface area (Å²) in [5.74, 6) is -0.619. The number of anilines is 1. The van der Waals surface area contributed by atoms with Crippen LogP contribution in [0.4, 0.5) is 5.69 Å². The number of benzene rings is 1. The summed E-state index contributed by atoms with van der Waals surface area (Å²) in [6, 6.07) is 6.45. The first-order chi connectivity index (χ1) is 11.6. The van der Waals surface area contributed by atoms with Gasteiger partial charge in [0.25, 0.3) is 5.91 Å². The minimum absolute atomic E-state index is 0.0503. The van der Waals surface area contributed by atoms with Crippen LogP contribution in [-0.2, 0) is 9.59 Å². The summed E-state index contributed by atoms with van der Waals surface area (Å²) in [6.45, 7) is 0. The Morgan fingerprint density at radius 3 is 2.67 bits per heavy atom. The zero-order chi connectivity index (χ0) is 16.9. The number of rotatable bonds is 4. The Balaban J connectivity index is 1.54. The molecule has 1 heterocycles. The summed E-state index contributed by atoms with van der Waals surface area (Å²) in [5, 5.41) is 8.50. The molecule has 0 unspecified atom stereocenters. The number of nitrogens with one attached hydrogen (secondary N) is 3. The van der Waals surface area contributed by atoms with Crippen LogP contribution in [0, 0.1) is 0 Å². The van der Waals surface area contributed by atoms with Crippen LogP contribution in [0.15, 0.2) is 24.3 Å². The van der Waals surface area contributed by atoms with Gasteiger partial charge in [-0.1, -0.05) is 31.4 Å². The molecule has 1 aromatic carbocycles. The smallest absolute Gasteiger partial charge is 0.254 e. The molecule has 0 aromatic heterocycles. The van der Waals surface area contributed by atoms with Gasteiger partial charge in [-0.3, -0.25) is 14.4 Å². The van der Waals surface area contributed by atoms with Gasteiger partial charge in [-0.05, 0) is 31.4 Å². The number of carbonyl (C=O) groups is 3. The second-order valence-electron chi connectivity index (χ2n) is 6.50. The van der Waals surface area contributed by atoms with Gasteiger partial charge >= 0.3 is 0 Å². The van der Waals surface area contributed by atoms with Crippen molar-refractivity contribution in [1.82, 2.24) is 10.6 Å². The van der Waals surface area contributed by atoms with Gasteiger partial charge in [0.15, 0.2) is 0 Å². The summed E-state index contributed by atoms with van der Waals surface area (Å²) in [4.78, 5) is 36.6. The number of carbonyl (C=O) groups excluding carboxylic acids is 3. The fourth-order valence-corrected chi connectivity index (χ4v) is 3.34. The summed E-state index contributed by atoms with van der Waals surface area (Å²) in [6.07, 6.45) is 6.13. The van der Waals surface area contributed by atoms with Crippen molar-refractivity contribution >= 4 is 23.4 Å². The lowest BCUT2D eigenvalue weighted by atomic mass is 9.95. The van der Waals surface area contributed by atoms with Gasteiger partial charge in [0.2, 0.25) is 11.8 Å². The van der Waals surface area contributed by atoms with Crippen LogP contribution in [0.25, 0.3) is 0 Å². The van der Waals surface area contributed by atoms with Crippen molar-refractivity contribution in [2.45, 2.75) is 57.0 Å². The molecule has 24 heavy (non-hydrogen) atoms. The molecule has 1 saturated carbocycles. The lowest BCUT2D eigenvalue weighted by Gasteiger charge is -2.23. The first kappa shape index (κ1) is 16.5. The maximum absolute atomic E-state index is 12.3. The second kappa shape index (κ2) is 7.47. The van der Waals surface area contributed by atoms with E-state index < -0.39 is 6.04 Å². The van der Waals surface area contributed by atoms with Crippen molar-refractivity contribution in [3.63, 3.8) is 0 Å². The van der Waals surface area contributed by atoms with Crippen molar-refractivity contribution in [2.24, 2.45) is 0 Å². The van der Waals surface area contributed by atoms with E-state index in [1.165, 1.54) is 6.42 Å². The largest absolute Gasteiger partial charge is 0.353 e. The summed E-state index contributed by atoms with van der Waals surface area (Å²) < 4.78 is 0. The molecule has 0 bridgehead atoms. The zero-order valence-corrected chi connectivity index (χ0v) is 13.6. The molecular weight excluding hydrogens is 306 g/mol. The van der Waals surface area contributed by atoms with Crippen molar-refractivity contribution < 1.29 is 14.4 Å². The molecule has 6 nitrogen and oxygen atoms in total. The van der Waals surface area contributed by atoms with Crippen LogP contribution in [-0.4, -0.2) is 29.8 Å². The number of hydrogen-bond acceptors (Lipinski definition) is 3. The molecule has 2 aliphatic rings.